The fourth-order valence-corrected chi connectivity index (χ4v) is 4.22. The third-order valence-corrected chi connectivity index (χ3v) is 5.76. The van der Waals surface area contributed by atoms with Crippen LogP contribution in [0.25, 0.3) is 10.5 Å². The molecule has 2 saturated heterocycles. The van der Waals surface area contributed by atoms with Crippen molar-refractivity contribution in [2.45, 2.75) is 38.6 Å². The summed E-state index contributed by atoms with van der Waals surface area (Å²) >= 11 is 0. The van der Waals surface area contributed by atoms with Gasteiger partial charge >= 0.3 is 11.9 Å². The molecule has 1 N–H and O–H groups in total. The lowest BCUT2D eigenvalue weighted by Gasteiger charge is -2.47. The maximum atomic E-state index is 13.0. The molecule has 0 aromatic heterocycles. The standard InChI is InChI=1S/C22H26F3N3O2/c1-14-11-16(22(23,24)25)12-19(29)21(14)17(26-3)6-5-15(2)28-9-10-30-20-7-8-27(4)13-18(20)28/h3,5-6,11-12,18,20H,7-10,13H2,1-2,4H3/p+1/b15-5+,17-6-/t18-,20+/m0/s1. The van der Waals surface area contributed by atoms with Crippen molar-refractivity contribution < 1.29 is 23.0 Å². The molecular formula is C22H27F3N3O2+. The number of allylic oxidation sites excluding steroid dienone is 3. The number of fused-ring (bicyclic) bond motifs is 1. The molecule has 0 saturated carbocycles. The summed E-state index contributed by atoms with van der Waals surface area (Å²) in [5.74, 6) is -0.505. The zero-order valence-corrected chi connectivity index (χ0v) is 17.4. The van der Waals surface area contributed by atoms with E-state index in [1.807, 2.05) is 13.0 Å². The van der Waals surface area contributed by atoms with Gasteiger partial charge in [-0.25, -0.2) is 0 Å². The van der Waals surface area contributed by atoms with Crippen molar-refractivity contribution in [2.24, 2.45) is 0 Å². The van der Waals surface area contributed by atoms with Crippen molar-refractivity contribution >= 4 is 5.70 Å². The first-order valence-electron chi connectivity index (χ1n) is 9.89. The predicted octanol–water partition coefficient (Wildman–Crippen LogP) is 4.33. The molecule has 0 aliphatic carbocycles. The summed E-state index contributed by atoms with van der Waals surface area (Å²) in [4.78, 5) is 8.27. The summed E-state index contributed by atoms with van der Waals surface area (Å²) in [5, 5.41) is 10.2. The first kappa shape index (κ1) is 22.2. The Bertz CT molecular complexity index is 879. The summed E-state index contributed by atoms with van der Waals surface area (Å²) in [7, 11) is 2.09. The first-order valence-corrected chi connectivity index (χ1v) is 9.89. The molecule has 0 spiro atoms. The van der Waals surface area contributed by atoms with Crippen molar-refractivity contribution in [2.75, 3.05) is 33.3 Å². The minimum atomic E-state index is -4.54. The van der Waals surface area contributed by atoms with Crippen LogP contribution in [0, 0.1) is 13.5 Å². The molecule has 0 unspecified atom stereocenters. The van der Waals surface area contributed by atoms with Crippen LogP contribution in [0.4, 0.5) is 13.2 Å². The average molecular weight is 422 g/mol. The number of hydrogen-bond donors (Lipinski definition) is 1. The quantitative estimate of drug-likeness (QED) is 0.736. The molecule has 3 rings (SSSR count). The van der Waals surface area contributed by atoms with Crippen LogP contribution in [0.3, 0.4) is 0 Å². The number of hydrogen-bond acceptors (Lipinski definition) is 4. The first-order chi connectivity index (χ1) is 14.1. The topological polar surface area (TPSA) is 40.3 Å². The number of halogens is 3. The minimum absolute atomic E-state index is 0.183. The van der Waals surface area contributed by atoms with E-state index in [1.165, 1.54) is 6.92 Å². The van der Waals surface area contributed by atoms with E-state index >= 15 is 0 Å². The number of piperidine rings is 1. The second-order valence-electron chi connectivity index (χ2n) is 7.89. The number of phenols is 1. The van der Waals surface area contributed by atoms with E-state index < -0.39 is 17.5 Å². The van der Waals surface area contributed by atoms with Crippen LogP contribution in [0.15, 0.2) is 30.0 Å². The lowest BCUT2D eigenvalue weighted by molar-refractivity contribution is -0.137. The Hall–Kier alpha value is -2.50. The Morgan fingerprint density at radius 3 is 2.67 bits per heavy atom. The number of benzene rings is 1. The fraction of sp³-hybridized carbons (Fsp3) is 0.500. The van der Waals surface area contributed by atoms with Crippen LogP contribution in [-0.2, 0) is 10.9 Å². The maximum absolute atomic E-state index is 13.0. The normalized spacial score (nSPS) is 23.8. The Labute approximate surface area is 174 Å². The highest BCUT2D eigenvalue weighted by molar-refractivity contribution is 5.78. The number of ether oxygens (including phenoxy) is 1. The third-order valence-electron chi connectivity index (χ3n) is 5.76. The van der Waals surface area contributed by atoms with Gasteiger partial charge in [-0.15, -0.1) is 0 Å². The summed E-state index contributed by atoms with van der Waals surface area (Å²) < 4.78 is 44.9. The second-order valence-corrected chi connectivity index (χ2v) is 7.89. The van der Waals surface area contributed by atoms with Gasteiger partial charge in [0.2, 0.25) is 0 Å². The fourth-order valence-electron chi connectivity index (χ4n) is 4.22. The van der Waals surface area contributed by atoms with E-state index in [9.17, 15) is 18.3 Å². The second kappa shape index (κ2) is 8.70. The van der Waals surface area contributed by atoms with Crippen LogP contribution in [0.1, 0.15) is 30.0 Å². The number of rotatable bonds is 3. The molecule has 1 aromatic rings. The van der Waals surface area contributed by atoms with E-state index in [1.54, 1.807) is 6.08 Å². The Balaban J connectivity index is 1.89. The van der Waals surface area contributed by atoms with Gasteiger partial charge in [-0.3, -0.25) is 0 Å². The molecule has 2 atom stereocenters. The Kier molecular flexibility index (Phi) is 6.44. The van der Waals surface area contributed by atoms with Crippen molar-refractivity contribution in [1.29, 1.82) is 0 Å². The molecule has 2 fully saturated rings. The minimum Gasteiger partial charge on any atom is -0.507 e. The molecular weight excluding hydrogens is 395 g/mol. The number of nitrogens with zero attached hydrogens (tertiary/aromatic N) is 3. The van der Waals surface area contributed by atoms with Gasteiger partial charge in [-0.2, -0.15) is 13.2 Å². The molecule has 2 aliphatic heterocycles. The molecule has 0 amide bonds. The van der Waals surface area contributed by atoms with Crippen LogP contribution in [-0.4, -0.2) is 60.3 Å². The molecule has 30 heavy (non-hydrogen) atoms. The molecule has 2 aliphatic rings. The molecule has 0 radical (unpaired) electrons. The van der Waals surface area contributed by atoms with Crippen LogP contribution >= 0.6 is 0 Å². The zero-order valence-electron chi connectivity index (χ0n) is 17.4. The molecule has 162 valence electrons. The number of alkyl halides is 3. The van der Waals surface area contributed by atoms with Gasteiger partial charge in [-0.1, -0.05) is 0 Å². The number of phenolic OH excluding ortho intramolecular Hbond substituents is 1. The summed E-state index contributed by atoms with van der Waals surface area (Å²) in [5.41, 5.74) is 0.712. The maximum Gasteiger partial charge on any atom is 0.416 e. The molecule has 8 heteroatoms. The summed E-state index contributed by atoms with van der Waals surface area (Å²) in [6.07, 6.45) is 0.0761. The van der Waals surface area contributed by atoms with Crippen molar-refractivity contribution in [3.63, 3.8) is 0 Å². The van der Waals surface area contributed by atoms with Crippen LogP contribution in [0.5, 0.6) is 5.75 Å². The largest absolute Gasteiger partial charge is 0.507 e. The highest BCUT2D eigenvalue weighted by Crippen LogP contribution is 2.37. The van der Waals surface area contributed by atoms with Gasteiger partial charge in [0.1, 0.15) is 11.3 Å². The lowest BCUT2D eigenvalue weighted by atomic mass is 9.98. The number of likely N-dealkylation sites (tertiary alicyclic amines) is 1. The number of likely N-dealkylation sites (N-methyl/N-ethyl adjacent to an activating group) is 1. The van der Waals surface area contributed by atoms with Gasteiger partial charge in [-0.05, 0) is 55.9 Å². The summed E-state index contributed by atoms with van der Waals surface area (Å²) in [6.45, 7) is 12.3. The molecule has 5 nitrogen and oxygen atoms in total. The van der Waals surface area contributed by atoms with Crippen LogP contribution in [0.2, 0.25) is 0 Å². The van der Waals surface area contributed by atoms with Gasteiger partial charge in [0.05, 0.1) is 24.3 Å². The highest BCUT2D eigenvalue weighted by atomic mass is 19.4. The molecule has 2 heterocycles. The zero-order chi connectivity index (χ0) is 22.1. The van der Waals surface area contributed by atoms with Gasteiger partial charge in [0, 0.05) is 31.4 Å². The molecule has 1 aromatic carbocycles. The van der Waals surface area contributed by atoms with Crippen molar-refractivity contribution in [3.8, 4) is 12.3 Å². The van der Waals surface area contributed by atoms with E-state index in [2.05, 4.69) is 21.7 Å². The Morgan fingerprint density at radius 2 is 2.03 bits per heavy atom. The number of aryl methyl sites for hydroxylation is 1. The highest BCUT2D eigenvalue weighted by Gasteiger charge is 2.36. The van der Waals surface area contributed by atoms with E-state index in [4.69, 9.17) is 11.3 Å². The van der Waals surface area contributed by atoms with Gasteiger partial charge in [0.15, 0.2) is 0 Å². The number of morpholine rings is 1. The molecule has 0 bridgehead atoms. The third kappa shape index (κ3) is 4.63. The van der Waals surface area contributed by atoms with E-state index in [0.29, 0.717) is 12.7 Å². The van der Waals surface area contributed by atoms with Crippen molar-refractivity contribution in [1.82, 2.24) is 9.80 Å². The van der Waals surface area contributed by atoms with Crippen molar-refractivity contribution in [3.05, 3.63) is 51.5 Å². The van der Waals surface area contributed by atoms with E-state index in [0.717, 1.165) is 37.8 Å². The average Bonchev–Trinajstić information content (AvgIpc) is 2.68. The van der Waals surface area contributed by atoms with E-state index in [-0.39, 0.29) is 29.0 Å². The predicted molar refractivity (Wildman–Crippen MR) is 110 cm³/mol. The number of aromatic hydroxyl groups is 1. The van der Waals surface area contributed by atoms with Gasteiger partial charge < -0.3 is 19.6 Å². The monoisotopic (exact) mass is 422 g/mol. The Morgan fingerprint density at radius 1 is 1.30 bits per heavy atom. The lowest BCUT2D eigenvalue weighted by Crippen LogP contribution is -2.58. The smallest absolute Gasteiger partial charge is 0.416 e. The SMILES string of the molecule is C#[N+]/C(=C\C=C(/C)N1CCO[C@@H]2CCN(C)C[C@@H]21)c1c(C)cc(C(F)(F)F)cc1O. The van der Waals surface area contributed by atoms with Gasteiger partial charge in [0.25, 0.3) is 6.57 Å². The summed E-state index contributed by atoms with van der Waals surface area (Å²) in [6, 6.07) is 1.92. The van der Waals surface area contributed by atoms with Crippen LogP contribution < -0.4 is 0 Å².